The third-order valence-corrected chi connectivity index (χ3v) is 4.87. The predicted octanol–water partition coefficient (Wildman–Crippen LogP) is 3.70. The van der Waals surface area contributed by atoms with Crippen molar-refractivity contribution < 1.29 is 14.3 Å². The van der Waals surface area contributed by atoms with E-state index in [2.05, 4.69) is 25.6 Å². The van der Waals surface area contributed by atoms with Crippen LogP contribution in [0.15, 0.2) is 18.2 Å². The number of benzene rings is 1. The van der Waals surface area contributed by atoms with E-state index in [4.69, 9.17) is 23.2 Å². The molecule has 1 aromatic carbocycles. The summed E-state index contributed by atoms with van der Waals surface area (Å²) in [5.41, 5.74) is 0.903. The Bertz CT molecular complexity index is 770. The van der Waals surface area contributed by atoms with Gasteiger partial charge in [-0.3, -0.25) is 10.1 Å². The SMILES string of the molecule is COC(=O)CCCc1nnc(NC(=O)NCCc2ccc(Cl)cc2Cl)s1. The average molecular weight is 417 g/mol. The minimum atomic E-state index is -0.368. The van der Waals surface area contributed by atoms with Crippen molar-refractivity contribution in [2.45, 2.75) is 25.7 Å². The Hall–Kier alpha value is -1.90. The summed E-state index contributed by atoms with van der Waals surface area (Å²) in [5.74, 6) is -0.256. The molecule has 140 valence electrons. The van der Waals surface area contributed by atoms with Crippen LogP contribution in [0, 0.1) is 0 Å². The molecule has 0 radical (unpaired) electrons. The maximum Gasteiger partial charge on any atom is 0.321 e. The first-order chi connectivity index (χ1) is 12.5. The van der Waals surface area contributed by atoms with Crippen molar-refractivity contribution in [2.75, 3.05) is 19.0 Å². The molecule has 0 fully saturated rings. The molecule has 0 spiro atoms. The molecule has 1 aromatic heterocycles. The van der Waals surface area contributed by atoms with Crippen LogP contribution in [0.1, 0.15) is 23.4 Å². The Morgan fingerprint density at radius 2 is 2.04 bits per heavy atom. The van der Waals surface area contributed by atoms with E-state index in [1.54, 1.807) is 12.1 Å². The second kappa shape index (κ2) is 10.3. The number of methoxy groups -OCH3 is 1. The number of halogens is 2. The molecule has 0 aliphatic carbocycles. The molecule has 0 aliphatic heterocycles. The Morgan fingerprint density at radius 3 is 2.77 bits per heavy atom. The van der Waals surface area contributed by atoms with Gasteiger partial charge in [-0.25, -0.2) is 4.79 Å². The lowest BCUT2D eigenvalue weighted by atomic mass is 10.1. The van der Waals surface area contributed by atoms with Gasteiger partial charge in [0.25, 0.3) is 0 Å². The van der Waals surface area contributed by atoms with Crippen molar-refractivity contribution in [3.63, 3.8) is 0 Å². The van der Waals surface area contributed by atoms with E-state index in [1.807, 2.05) is 6.07 Å². The molecule has 2 rings (SSSR count). The second-order valence-corrected chi connectivity index (χ2v) is 7.20. The summed E-state index contributed by atoms with van der Waals surface area (Å²) in [4.78, 5) is 23.0. The molecule has 2 amide bonds. The monoisotopic (exact) mass is 416 g/mol. The highest BCUT2D eigenvalue weighted by Crippen LogP contribution is 2.21. The van der Waals surface area contributed by atoms with Crippen LogP contribution in [0.3, 0.4) is 0 Å². The highest BCUT2D eigenvalue weighted by Gasteiger charge is 2.09. The normalized spacial score (nSPS) is 10.4. The molecule has 0 saturated carbocycles. The molecular formula is C16H18Cl2N4O3S. The van der Waals surface area contributed by atoms with Crippen LogP contribution in [-0.2, 0) is 22.4 Å². The number of hydrogen-bond donors (Lipinski definition) is 2. The first-order valence-electron chi connectivity index (χ1n) is 7.86. The van der Waals surface area contributed by atoms with Crippen LogP contribution in [0.25, 0.3) is 0 Å². The van der Waals surface area contributed by atoms with Crippen molar-refractivity contribution in [3.05, 3.63) is 38.8 Å². The summed E-state index contributed by atoms with van der Waals surface area (Å²) in [6.07, 6.45) is 2.13. The number of aryl methyl sites for hydroxylation is 1. The molecule has 0 bridgehead atoms. The highest BCUT2D eigenvalue weighted by atomic mass is 35.5. The van der Waals surface area contributed by atoms with Crippen LogP contribution in [0.5, 0.6) is 0 Å². The number of urea groups is 1. The minimum Gasteiger partial charge on any atom is -0.469 e. The van der Waals surface area contributed by atoms with E-state index in [9.17, 15) is 9.59 Å². The number of amides is 2. The zero-order valence-corrected chi connectivity index (χ0v) is 16.4. The first kappa shape index (κ1) is 20.4. The Kier molecular flexibility index (Phi) is 8.08. The van der Waals surface area contributed by atoms with E-state index in [1.165, 1.54) is 18.4 Å². The molecule has 0 aliphatic rings. The van der Waals surface area contributed by atoms with Crippen LogP contribution < -0.4 is 10.6 Å². The zero-order valence-electron chi connectivity index (χ0n) is 14.1. The van der Waals surface area contributed by atoms with E-state index in [-0.39, 0.29) is 12.0 Å². The summed E-state index contributed by atoms with van der Waals surface area (Å²) in [6, 6.07) is 4.88. The molecule has 2 N–H and O–H groups in total. The molecule has 0 atom stereocenters. The number of ether oxygens (including phenoxy) is 1. The van der Waals surface area contributed by atoms with Gasteiger partial charge in [-0.15, -0.1) is 10.2 Å². The fraction of sp³-hybridized carbons (Fsp3) is 0.375. The van der Waals surface area contributed by atoms with Crippen molar-refractivity contribution in [3.8, 4) is 0 Å². The van der Waals surface area contributed by atoms with Gasteiger partial charge in [-0.2, -0.15) is 0 Å². The largest absolute Gasteiger partial charge is 0.469 e. The van der Waals surface area contributed by atoms with Gasteiger partial charge in [0.1, 0.15) is 5.01 Å². The molecule has 0 unspecified atom stereocenters. The van der Waals surface area contributed by atoms with E-state index in [0.717, 1.165) is 10.6 Å². The van der Waals surface area contributed by atoms with E-state index in [0.29, 0.717) is 47.4 Å². The van der Waals surface area contributed by atoms with Crippen molar-refractivity contribution >= 4 is 51.7 Å². The van der Waals surface area contributed by atoms with Crippen molar-refractivity contribution in [1.29, 1.82) is 0 Å². The highest BCUT2D eigenvalue weighted by molar-refractivity contribution is 7.15. The maximum absolute atomic E-state index is 11.9. The minimum absolute atomic E-state index is 0.256. The van der Waals surface area contributed by atoms with Gasteiger partial charge in [0.2, 0.25) is 5.13 Å². The van der Waals surface area contributed by atoms with Crippen molar-refractivity contribution in [2.24, 2.45) is 0 Å². The number of rotatable bonds is 8. The molecule has 1 heterocycles. The van der Waals surface area contributed by atoms with Gasteiger partial charge < -0.3 is 10.1 Å². The maximum atomic E-state index is 11.9. The molecular weight excluding hydrogens is 399 g/mol. The zero-order chi connectivity index (χ0) is 18.9. The number of carbonyl (C=O) groups excluding carboxylic acids is 2. The predicted molar refractivity (Wildman–Crippen MR) is 102 cm³/mol. The summed E-state index contributed by atoms with van der Waals surface area (Å²) < 4.78 is 4.58. The third kappa shape index (κ3) is 6.78. The van der Waals surface area contributed by atoms with Gasteiger partial charge >= 0.3 is 12.0 Å². The molecule has 26 heavy (non-hydrogen) atoms. The van der Waals surface area contributed by atoms with Crippen molar-refractivity contribution in [1.82, 2.24) is 15.5 Å². The van der Waals surface area contributed by atoms with Crippen LogP contribution in [-0.4, -0.2) is 35.9 Å². The molecule has 2 aromatic rings. The molecule has 10 heteroatoms. The number of aromatic nitrogens is 2. The molecule has 7 nitrogen and oxygen atoms in total. The number of esters is 1. The van der Waals surface area contributed by atoms with Crippen LogP contribution in [0.4, 0.5) is 9.93 Å². The quantitative estimate of drug-likeness (QED) is 0.639. The Morgan fingerprint density at radius 1 is 1.23 bits per heavy atom. The fourth-order valence-electron chi connectivity index (χ4n) is 2.07. The summed E-state index contributed by atoms with van der Waals surface area (Å²) in [6.45, 7) is 0.415. The fourth-order valence-corrected chi connectivity index (χ4v) is 3.35. The summed E-state index contributed by atoms with van der Waals surface area (Å²) in [5, 5.41) is 15.5. The number of nitrogens with one attached hydrogen (secondary N) is 2. The molecule has 0 saturated heterocycles. The average Bonchev–Trinajstić information content (AvgIpc) is 3.03. The van der Waals surface area contributed by atoms with Gasteiger partial charge in [0.15, 0.2) is 0 Å². The van der Waals surface area contributed by atoms with Gasteiger partial charge in [-0.05, 0) is 30.5 Å². The van der Waals surface area contributed by atoms with Gasteiger partial charge in [0.05, 0.1) is 7.11 Å². The Labute approximate surface area is 165 Å². The number of carbonyl (C=O) groups is 2. The van der Waals surface area contributed by atoms with Gasteiger partial charge in [-0.1, -0.05) is 40.6 Å². The Balaban J connectivity index is 1.71. The number of anilines is 1. The third-order valence-electron chi connectivity index (χ3n) is 3.38. The smallest absolute Gasteiger partial charge is 0.321 e. The van der Waals surface area contributed by atoms with E-state index < -0.39 is 0 Å². The number of hydrogen-bond acceptors (Lipinski definition) is 6. The number of nitrogens with zero attached hydrogens (tertiary/aromatic N) is 2. The second-order valence-electron chi connectivity index (χ2n) is 5.30. The van der Waals surface area contributed by atoms with Crippen LogP contribution in [0.2, 0.25) is 10.0 Å². The first-order valence-corrected chi connectivity index (χ1v) is 9.43. The topological polar surface area (TPSA) is 93.2 Å². The summed E-state index contributed by atoms with van der Waals surface area (Å²) >= 11 is 13.2. The van der Waals surface area contributed by atoms with E-state index >= 15 is 0 Å². The lowest BCUT2D eigenvalue weighted by Gasteiger charge is -2.07. The lowest BCUT2D eigenvalue weighted by molar-refractivity contribution is -0.140. The standard InChI is InChI=1S/C16H18Cl2N4O3S/c1-25-14(23)4-2-3-13-21-22-16(26-13)20-15(24)19-8-7-10-5-6-11(17)9-12(10)18/h5-6,9H,2-4,7-8H2,1H3,(H2,19,20,22,24). The van der Waals surface area contributed by atoms with Gasteiger partial charge in [0, 0.05) is 29.4 Å². The van der Waals surface area contributed by atoms with Crippen LogP contribution >= 0.6 is 34.5 Å². The summed E-state index contributed by atoms with van der Waals surface area (Å²) in [7, 11) is 1.36. The lowest BCUT2D eigenvalue weighted by Crippen LogP contribution is -2.30.